The highest BCUT2D eigenvalue weighted by molar-refractivity contribution is 7.13. The fraction of sp³-hybridized carbons (Fsp3) is 0.300. The summed E-state index contributed by atoms with van der Waals surface area (Å²) in [5.74, 6) is 0.186. The Morgan fingerprint density at radius 3 is 2.54 bits per heavy atom. The molecule has 0 atom stereocenters. The lowest BCUT2D eigenvalue weighted by Gasteiger charge is -2.34. The summed E-state index contributed by atoms with van der Waals surface area (Å²) in [6.45, 7) is 4.48. The van der Waals surface area contributed by atoms with Crippen molar-refractivity contribution in [3.63, 3.8) is 0 Å². The average Bonchev–Trinajstić information content (AvgIpc) is 3.35. The molecule has 0 aliphatic carbocycles. The molecular weight excluding hydrogens is 362 g/mol. The quantitative estimate of drug-likeness (QED) is 0.673. The summed E-state index contributed by atoms with van der Waals surface area (Å²) in [6.07, 6.45) is 0.397. The SMILES string of the molecule is O=C(Cc1csc(-c2ccccc2)n1)N1CCN(Cc2cccs2)CC1. The Bertz CT molecular complexity index is 837. The number of carbonyl (C=O) groups is 1. The Hall–Kier alpha value is -2.02. The van der Waals surface area contributed by atoms with E-state index in [0.717, 1.165) is 49.0 Å². The molecule has 0 unspecified atom stereocenters. The molecule has 1 fully saturated rings. The summed E-state index contributed by atoms with van der Waals surface area (Å²) < 4.78 is 0. The van der Waals surface area contributed by atoms with Crippen LogP contribution in [0.4, 0.5) is 0 Å². The summed E-state index contributed by atoms with van der Waals surface area (Å²) in [6, 6.07) is 14.4. The number of rotatable bonds is 5. The van der Waals surface area contributed by atoms with Crippen LogP contribution in [-0.2, 0) is 17.8 Å². The number of piperazine rings is 1. The summed E-state index contributed by atoms with van der Waals surface area (Å²) in [7, 11) is 0. The lowest BCUT2D eigenvalue weighted by molar-refractivity contribution is -0.132. The second-order valence-electron chi connectivity index (χ2n) is 6.42. The number of hydrogen-bond donors (Lipinski definition) is 0. The van der Waals surface area contributed by atoms with Crippen LogP contribution in [0.1, 0.15) is 10.6 Å². The summed E-state index contributed by atoms with van der Waals surface area (Å²) >= 11 is 3.40. The first-order chi connectivity index (χ1) is 12.8. The topological polar surface area (TPSA) is 36.4 Å². The van der Waals surface area contributed by atoms with Gasteiger partial charge in [-0.1, -0.05) is 36.4 Å². The van der Waals surface area contributed by atoms with E-state index in [-0.39, 0.29) is 5.91 Å². The second-order valence-corrected chi connectivity index (χ2v) is 8.31. The van der Waals surface area contributed by atoms with Gasteiger partial charge in [0.25, 0.3) is 0 Å². The minimum Gasteiger partial charge on any atom is -0.340 e. The van der Waals surface area contributed by atoms with Gasteiger partial charge in [-0.3, -0.25) is 9.69 Å². The first-order valence-electron chi connectivity index (χ1n) is 8.80. The summed E-state index contributed by atoms with van der Waals surface area (Å²) in [5.41, 5.74) is 1.98. The highest BCUT2D eigenvalue weighted by Crippen LogP contribution is 2.23. The molecule has 6 heteroatoms. The van der Waals surface area contributed by atoms with E-state index in [1.54, 1.807) is 22.7 Å². The van der Waals surface area contributed by atoms with Gasteiger partial charge in [0.1, 0.15) is 5.01 Å². The average molecular weight is 384 g/mol. The van der Waals surface area contributed by atoms with Gasteiger partial charge >= 0.3 is 0 Å². The van der Waals surface area contributed by atoms with Gasteiger partial charge in [0, 0.05) is 48.5 Å². The monoisotopic (exact) mass is 383 g/mol. The molecular formula is C20H21N3OS2. The van der Waals surface area contributed by atoms with Crippen LogP contribution in [-0.4, -0.2) is 46.9 Å². The molecule has 0 bridgehead atoms. The van der Waals surface area contributed by atoms with Crippen LogP contribution in [0.15, 0.2) is 53.2 Å². The lowest BCUT2D eigenvalue weighted by Crippen LogP contribution is -2.48. The van der Waals surface area contributed by atoms with Crippen molar-refractivity contribution in [2.45, 2.75) is 13.0 Å². The predicted octanol–water partition coefficient (Wildman–Crippen LogP) is 3.76. The number of amides is 1. The maximum atomic E-state index is 12.6. The van der Waals surface area contributed by atoms with E-state index in [2.05, 4.69) is 39.5 Å². The first-order valence-corrected chi connectivity index (χ1v) is 10.6. The van der Waals surface area contributed by atoms with E-state index in [4.69, 9.17) is 0 Å². The molecule has 3 heterocycles. The lowest BCUT2D eigenvalue weighted by atomic mass is 10.2. The molecule has 26 heavy (non-hydrogen) atoms. The smallest absolute Gasteiger partial charge is 0.228 e. The van der Waals surface area contributed by atoms with Crippen LogP contribution in [0, 0.1) is 0 Å². The van der Waals surface area contributed by atoms with Crippen molar-refractivity contribution in [1.29, 1.82) is 0 Å². The Balaban J connectivity index is 1.30. The van der Waals surface area contributed by atoms with Crippen molar-refractivity contribution in [2.75, 3.05) is 26.2 Å². The van der Waals surface area contributed by atoms with Crippen molar-refractivity contribution in [2.24, 2.45) is 0 Å². The molecule has 4 nitrogen and oxygen atoms in total. The molecule has 4 rings (SSSR count). The molecule has 2 aromatic heterocycles. The maximum Gasteiger partial charge on any atom is 0.228 e. The zero-order chi connectivity index (χ0) is 17.8. The molecule has 1 aliphatic rings. The zero-order valence-corrected chi connectivity index (χ0v) is 16.1. The third-order valence-electron chi connectivity index (χ3n) is 4.59. The van der Waals surface area contributed by atoms with E-state index in [9.17, 15) is 4.79 Å². The summed E-state index contributed by atoms with van der Waals surface area (Å²) in [5, 5.41) is 5.11. The number of aromatic nitrogens is 1. The molecule has 1 amide bonds. The third-order valence-corrected chi connectivity index (χ3v) is 6.39. The van der Waals surface area contributed by atoms with Crippen LogP contribution in [0.25, 0.3) is 10.6 Å². The van der Waals surface area contributed by atoms with Crippen LogP contribution < -0.4 is 0 Å². The molecule has 134 valence electrons. The Labute approximate surface area is 161 Å². The number of thiophene rings is 1. The Morgan fingerprint density at radius 2 is 1.81 bits per heavy atom. The molecule has 0 spiro atoms. The minimum absolute atomic E-state index is 0.186. The van der Waals surface area contributed by atoms with Crippen LogP contribution >= 0.6 is 22.7 Å². The zero-order valence-electron chi connectivity index (χ0n) is 14.5. The largest absolute Gasteiger partial charge is 0.340 e. The fourth-order valence-electron chi connectivity index (χ4n) is 3.15. The van der Waals surface area contributed by atoms with E-state index >= 15 is 0 Å². The predicted molar refractivity (Wildman–Crippen MR) is 107 cm³/mol. The number of benzene rings is 1. The Morgan fingerprint density at radius 1 is 1.00 bits per heavy atom. The molecule has 1 saturated heterocycles. The van der Waals surface area contributed by atoms with Gasteiger partial charge in [-0.15, -0.1) is 22.7 Å². The van der Waals surface area contributed by atoms with Crippen molar-refractivity contribution in [3.8, 4) is 10.6 Å². The summed E-state index contributed by atoms with van der Waals surface area (Å²) in [4.78, 5) is 23.0. The highest BCUT2D eigenvalue weighted by atomic mass is 32.1. The number of carbonyl (C=O) groups excluding carboxylic acids is 1. The molecule has 0 radical (unpaired) electrons. The van der Waals surface area contributed by atoms with Crippen LogP contribution in [0.5, 0.6) is 0 Å². The van der Waals surface area contributed by atoms with Gasteiger partial charge < -0.3 is 4.90 Å². The molecule has 1 aromatic carbocycles. The molecule has 3 aromatic rings. The van der Waals surface area contributed by atoms with E-state index in [0.29, 0.717) is 6.42 Å². The van der Waals surface area contributed by atoms with Crippen molar-refractivity contribution in [3.05, 3.63) is 63.8 Å². The molecule has 0 saturated carbocycles. The van der Waals surface area contributed by atoms with E-state index in [1.165, 1.54) is 4.88 Å². The van der Waals surface area contributed by atoms with Crippen molar-refractivity contribution in [1.82, 2.24) is 14.8 Å². The van der Waals surface area contributed by atoms with Gasteiger partial charge in [-0.2, -0.15) is 0 Å². The third kappa shape index (κ3) is 4.20. The highest BCUT2D eigenvalue weighted by Gasteiger charge is 2.22. The standard InChI is InChI=1S/C20H21N3OS2/c24-19(13-17-15-26-20(21-17)16-5-2-1-3-6-16)23-10-8-22(9-11-23)14-18-7-4-12-25-18/h1-7,12,15H,8-11,13-14H2. The van der Waals surface area contributed by atoms with Gasteiger partial charge in [-0.05, 0) is 11.4 Å². The maximum absolute atomic E-state index is 12.6. The van der Waals surface area contributed by atoms with Gasteiger partial charge in [0.2, 0.25) is 5.91 Å². The van der Waals surface area contributed by atoms with Crippen LogP contribution in [0.2, 0.25) is 0 Å². The van der Waals surface area contributed by atoms with Crippen LogP contribution in [0.3, 0.4) is 0 Å². The normalized spacial score (nSPS) is 15.3. The fourth-order valence-corrected chi connectivity index (χ4v) is 4.72. The molecule has 0 N–H and O–H groups in total. The van der Waals surface area contributed by atoms with E-state index < -0.39 is 0 Å². The van der Waals surface area contributed by atoms with E-state index in [1.807, 2.05) is 28.5 Å². The van der Waals surface area contributed by atoms with Crippen molar-refractivity contribution >= 4 is 28.6 Å². The first kappa shape index (κ1) is 17.4. The molecule has 1 aliphatic heterocycles. The van der Waals surface area contributed by atoms with Gasteiger partial charge in [-0.25, -0.2) is 4.98 Å². The van der Waals surface area contributed by atoms with Gasteiger partial charge in [0.15, 0.2) is 0 Å². The second kappa shape index (κ2) is 8.12. The van der Waals surface area contributed by atoms with Crippen molar-refractivity contribution < 1.29 is 4.79 Å². The number of nitrogens with zero attached hydrogens (tertiary/aromatic N) is 3. The minimum atomic E-state index is 0.186. The number of thiazole rings is 1. The van der Waals surface area contributed by atoms with Gasteiger partial charge in [0.05, 0.1) is 12.1 Å². The number of hydrogen-bond acceptors (Lipinski definition) is 5. The Kier molecular flexibility index (Phi) is 5.43.